The summed E-state index contributed by atoms with van der Waals surface area (Å²) in [4.78, 5) is 12.9. The Balaban J connectivity index is 1.79. The van der Waals surface area contributed by atoms with Crippen LogP contribution >= 0.6 is 35.0 Å². The van der Waals surface area contributed by atoms with Crippen LogP contribution in [0.15, 0.2) is 76.9 Å². The first-order valence-electron chi connectivity index (χ1n) is 9.49. The van der Waals surface area contributed by atoms with Crippen molar-refractivity contribution in [2.45, 2.75) is 5.72 Å². The molecule has 2 aliphatic rings. The molecule has 0 spiro atoms. The Kier molecular flexibility index (Phi) is 5.16. The highest BCUT2D eigenvalue weighted by molar-refractivity contribution is 8.13. The van der Waals surface area contributed by atoms with E-state index in [1.54, 1.807) is 42.5 Å². The molecule has 3 aromatic carbocycles. The van der Waals surface area contributed by atoms with Gasteiger partial charge in [0.25, 0.3) is 5.72 Å². The number of fused-ring (bicyclic) bond motifs is 3. The fraction of sp³-hybridized carbons (Fsp3) is 0.130. The zero-order valence-electron chi connectivity index (χ0n) is 16.3. The van der Waals surface area contributed by atoms with Crippen LogP contribution < -0.4 is 0 Å². The molecule has 0 fully saturated rings. The summed E-state index contributed by atoms with van der Waals surface area (Å²) in [5, 5.41) is 6.39. The van der Waals surface area contributed by atoms with Crippen molar-refractivity contribution < 1.29 is 9.23 Å². The molecule has 0 aliphatic carbocycles. The van der Waals surface area contributed by atoms with Gasteiger partial charge in [0.15, 0.2) is 5.84 Å². The van der Waals surface area contributed by atoms with Crippen molar-refractivity contribution in [3.05, 3.63) is 99.3 Å². The summed E-state index contributed by atoms with van der Waals surface area (Å²) in [6.45, 7) is 0.378. The number of oxime groups is 1. The van der Waals surface area contributed by atoms with Gasteiger partial charge in [-0.2, -0.15) is 0 Å². The van der Waals surface area contributed by atoms with Gasteiger partial charge in [-0.15, -0.1) is 11.8 Å². The maximum atomic E-state index is 15.2. The number of hydrogen-bond donors (Lipinski definition) is 0. The Labute approximate surface area is 193 Å². The van der Waals surface area contributed by atoms with Crippen molar-refractivity contribution in [3.8, 4) is 0 Å². The topological polar surface area (TPSA) is 37.2 Å². The summed E-state index contributed by atoms with van der Waals surface area (Å²) in [6.07, 6.45) is 1.96. The third-order valence-corrected chi connectivity index (χ3v) is 6.52. The van der Waals surface area contributed by atoms with E-state index in [4.69, 9.17) is 33.0 Å². The Morgan fingerprint density at radius 3 is 2.48 bits per heavy atom. The van der Waals surface area contributed by atoms with E-state index in [0.717, 1.165) is 10.6 Å². The number of thioether (sulfide) groups is 1. The Bertz CT molecular complexity index is 1230. The summed E-state index contributed by atoms with van der Waals surface area (Å²) in [7, 11) is 0. The molecule has 2 heterocycles. The lowest BCUT2D eigenvalue weighted by Gasteiger charge is -2.37. The molecule has 0 saturated carbocycles. The summed E-state index contributed by atoms with van der Waals surface area (Å²) in [6, 6.07) is 19.2. The highest BCUT2D eigenvalue weighted by Gasteiger charge is 2.53. The lowest BCUT2D eigenvalue weighted by molar-refractivity contribution is -0.0669. The second-order valence-electron chi connectivity index (χ2n) is 7.09. The summed E-state index contributed by atoms with van der Waals surface area (Å²) in [5.41, 5.74) is 1.06. The van der Waals surface area contributed by atoms with E-state index < -0.39 is 11.5 Å². The van der Waals surface area contributed by atoms with E-state index in [1.165, 1.54) is 17.8 Å². The number of nitrogens with zero attached hydrogens (tertiary/aromatic N) is 3. The number of benzene rings is 3. The van der Waals surface area contributed by atoms with Gasteiger partial charge in [-0.25, -0.2) is 9.38 Å². The first-order chi connectivity index (χ1) is 15.0. The average Bonchev–Trinajstić information content (AvgIpc) is 3.08. The first-order valence-corrected chi connectivity index (χ1v) is 11.5. The zero-order valence-corrected chi connectivity index (χ0v) is 18.7. The molecule has 3 aromatic rings. The molecule has 0 saturated heterocycles. The SMILES string of the molecule is CSC1=Nc2ccc(Cl)cc2C2(c3ccccc3F)ON=C(c3ccc(Cl)cc3)N2C1. The van der Waals surface area contributed by atoms with E-state index >= 15 is 4.39 Å². The predicted molar refractivity (Wildman–Crippen MR) is 125 cm³/mol. The Morgan fingerprint density at radius 1 is 1.00 bits per heavy atom. The molecular formula is C23H16Cl2FN3OS. The molecule has 156 valence electrons. The van der Waals surface area contributed by atoms with Gasteiger partial charge in [0.1, 0.15) is 5.82 Å². The average molecular weight is 472 g/mol. The number of amidine groups is 1. The highest BCUT2D eigenvalue weighted by atomic mass is 35.5. The van der Waals surface area contributed by atoms with Crippen molar-refractivity contribution in [2.24, 2.45) is 10.1 Å². The summed E-state index contributed by atoms with van der Waals surface area (Å²) in [5.74, 6) is 0.160. The van der Waals surface area contributed by atoms with Crippen LogP contribution in [0.3, 0.4) is 0 Å². The smallest absolute Gasteiger partial charge is 0.268 e. The van der Waals surface area contributed by atoms with Gasteiger partial charge in [0.2, 0.25) is 0 Å². The van der Waals surface area contributed by atoms with Crippen LogP contribution in [0.1, 0.15) is 16.7 Å². The Morgan fingerprint density at radius 2 is 1.74 bits per heavy atom. The van der Waals surface area contributed by atoms with Gasteiger partial charge >= 0.3 is 0 Å². The van der Waals surface area contributed by atoms with Gasteiger partial charge < -0.3 is 4.84 Å². The van der Waals surface area contributed by atoms with Crippen molar-refractivity contribution in [2.75, 3.05) is 12.8 Å². The van der Waals surface area contributed by atoms with Crippen LogP contribution in [-0.4, -0.2) is 28.6 Å². The molecule has 1 unspecified atom stereocenters. The normalized spacial score (nSPS) is 19.7. The van der Waals surface area contributed by atoms with Crippen molar-refractivity contribution >= 4 is 51.5 Å². The maximum Gasteiger partial charge on any atom is 0.268 e. The molecular weight excluding hydrogens is 456 g/mol. The lowest BCUT2D eigenvalue weighted by Crippen LogP contribution is -2.49. The molecule has 0 radical (unpaired) electrons. The Hall–Kier alpha value is -2.54. The van der Waals surface area contributed by atoms with Crippen LogP contribution in [0.5, 0.6) is 0 Å². The van der Waals surface area contributed by atoms with Gasteiger partial charge in [0.05, 0.1) is 28.4 Å². The molecule has 2 aliphatic heterocycles. The van der Waals surface area contributed by atoms with Crippen LogP contribution in [0, 0.1) is 5.82 Å². The fourth-order valence-electron chi connectivity index (χ4n) is 3.91. The zero-order chi connectivity index (χ0) is 21.6. The summed E-state index contributed by atoms with van der Waals surface area (Å²) >= 11 is 14.0. The quantitative estimate of drug-likeness (QED) is 0.431. The third kappa shape index (κ3) is 3.30. The van der Waals surface area contributed by atoms with Crippen molar-refractivity contribution in [1.29, 1.82) is 0 Å². The van der Waals surface area contributed by atoms with Gasteiger partial charge in [-0.3, -0.25) is 4.90 Å². The second kappa shape index (κ2) is 7.86. The highest BCUT2D eigenvalue weighted by Crippen LogP contribution is 2.49. The molecule has 4 nitrogen and oxygen atoms in total. The van der Waals surface area contributed by atoms with Gasteiger partial charge in [-0.1, -0.05) is 40.5 Å². The predicted octanol–water partition coefficient (Wildman–Crippen LogP) is 6.43. The second-order valence-corrected chi connectivity index (χ2v) is 8.85. The largest absolute Gasteiger partial charge is 0.355 e. The molecule has 31 heavy (non-hydrogen) atoms. The summed E-state index contributed by atoms with van der Waals surface area (Å²) < 4.78 is 15.2. The first kappa shape index (κ1) is 20.4. The van der Waals surface area contributed by atoms with Crippen LogP contribution in [-0.2, 0) is 10.6 Å². The molecule has 8 heteroatoms. The molecule has 0 aromatic heterocycles. The maximum absolute atomic E-state index is 15.2. The van der Waals surface area contributed by atoms with E-state index in [0.29, 0.717) is 39.2 Å². The van der Waals surface area contributed by atoms with Crippen molar-refractivity contribution in [1.82, 2.24) is 4.90 Å². The van der Waals surface area contributed by atoms with E-state index in [2.05, 4.69) is 5.16 Å². The number of halogens is 3. The van der Waals surface area contributed by atoms with E-state index in [-0.39, 0.29) is 0 Å². The van der Waals surface area contributed by atoms with E-state index in [1.807, 2.05) is 29.4 Å². The molecule has 0 N–H and O–H groups in total. The third-order valence-electron chi connectivity index (χ3n) is 5.34. The van der Waals surface area contributed by atoms with Crippen molar-refractivity contribution in [3.63, 3.8) is 0 Å². The number of rotatable bonds is 2. The number of aliphatic imine (C=N–C) groups is 1. The number of hydrogen-bond acceptors (Lipinski definition) is 5. The van der Waals surface area contributed by atoms with Crippen LogP contribution in [0.2, 0.25) is 10.0 Å². The molecule has 0 amide bonds. The van der Waals surface area contributed by atoms with Gasteiger partial charge in [-0.05, 0) is 60.9 Å². The molecule has 1 atom stereocenters. The minimum absolute atomic E-state index is 0.337. The van der Waals surface area contributed by atoms with E-state index in [9.17, 15) is 0 Å². The minimum Gasteiger partial charge on any atom is -0.355 e. The molecule has 5 rings (SSSR count). The monoisotopic (exact) mass is 471 g/mol. The van der Waals surface area contributed by atoms with Gasteiger partial charge in [0, 0.05) is 15.6 Å². The van der Waals surface area contributed by atoms with Crippen LogP contribution in [0.4, 0.5) is 10.1 Å². The lowest BCUT2D eigenvalue weighted by atomic mass is 9.90. The van der Waals surface area contributed by atoms with Crippen LogP contribution in [0.25, 0.3) is 0 Å². The molecule has 0 bridgehead atoms. The standard InChI is InChI=1S/C23H16Cl2FN3OS/c1-31-21-13-29-22(14-6-8-15(24)9-7-14)28-30-23(29,17-4-2-3-5-19(17)26)18-12-16(25)10-11-20(18)27-21/h2-12H,13H2,1H3. The fourth-order valence-corrected chi connectivity index (χ4v) is 4.66. The minimum atomic E-state index is -1.36.